The summed E-state index contributed by atoms with van der Waals surface area (Å²) >= 11 is 0. The third-order valence-corrected chi connectivity index (χ3v) is 6.96. The van der Waals surface area contributed by atoms with Gasteiger partial charge in [0.25, 0.3) is 0 Å². The molecule has 0 unspecified atom stereocenters. The third-order valence-electron chi connectivity index (χ3n) is 6.96. The second-order valence-electron chi connectivity index (χ2n) is 9.31. The molecule has 0 spiro atoms. The van der Waals surface area contributed by atoms with Gasteiger partial charge in [-0.2, -0.15) is 0 Å². The van der Waals surface area contributed by atoms with E-state index >= 15 is 0 Å². The zero-order valence-electron chi connectivity index (χ0n) is 21.8. The van der Waals surface area contributed by atoms with Crippen molar-refractivity contribution in [3.05, 3.63) is 131 Å². The van der Waals surface area contributed by atoms with E-state index in [1.54, 1.807) is 72.8 Å². The van der Waals surface area contributed by atoms with Gasteiger partial charge in [-0.1, -0.05) is 97.1 Å². The molecular formula is C34H22O8. The number of hydrogen-bond donors (Lipinski definition) is 4. The van der Waals surface area contributed by atoms with Crippen LogP contribution in [0.5, 0.6) is 0 Å². The first-order valence-corrected chi connectivity index (χ1v) is 12.7. The third kappa shape index (κ3) is 4.89. The van der Waals surface area contributed by atoms with Gasteiger partial charge in [0.1, 0.15) is 0 Å². The minimum Gasteiger partial charge on any atom is -0.478 e. The maximum Gasteiger partial charge on any atom is 0.337 e. The molecule has 0 aromatic heterocycles. The molecule has 0 fully saturated rings. The standard InChI is InChI=1S/C34H22O8/c35-31(36)27-17-7-15-25(29(27)33(39)40)23-13-5-3-11-21(23)19-9-1-2-10-20(19)22-12-4-6-14-24(22)26-16-8-18-28(32(37)38)30(26)34(41)42/h1-18H,(H,35,36)(H,37,38)(H,39,40)(H,41,42). The first-order valence-electron chi connectivity index (χ1n) is 12.7. The smallest absolute Gasteiger partial charge is 0.337 e. The average Bonchev–Trinajstić information content (AvgIpc) is 3.00. The van der Waals surface area contributed by atoms with Crippen molar-refractivity contribution >= 4 is 23.9 Å². The maximum absolute atomic E-state index is 12.3. The Morgan fingerprint density at radius 3 is 0.786 bits per heavy atom. The molecule has 0 saturated carbocycles. The normalized spacial score (nSPS) is 10.7. The zero-order chi connectivity index (χ0) is 30.0. The van der Waals surface area contributed by atoms with Crippen molar-refractivity contribution in [3.63, 3.8) is 0 Å². The lowest BCUT2D eigenvalue weighted by atomic mass is 9.84. The van der Waals surface area contributed by atoms with Crippen LogP contribution in [0, 0.1) is 0 Å². The quantitative estimate of drug-likeness (QED) is 0.157. The summed E-state index contributed by atoms with van der Waals surface area (Å²) < 4.78 is 0. The minimum absolute atomic E-state index is 0.225. The number of aromatic carboxylic acids is 4. The summed E-state index contributed by atoms with van der Waals surface area (Å²) in [7, 11) is 0. The molecule has 0 aliphatic heterocycles. The van der Waals surface area contributed by atoms with Crippen molar-refractivity contribution in [3.8, 4) is 44.5 Å². The van der Waals surface area contributed by atoms with E-state index in [1.165, 1.54) is 24.3 Å². The van der Waals surface area contributed by atoms with Gasteiger partial charge < -0.3 is 20.4 Å². The second-order valence-corrected chi connectivity index (χ2v) is 9.31. The lowest BCUT2D eigenvalue weighted by Gasteiger charge is -2.19. The predicted molar refractivity (Wildman–Crippen MR) is 156 cm³/mol. The van der Waals surface area contributed by atoms with E-state index < -0.39 is 23.9 Å². The second kappa shape index (κ2) is 11.2. The van der Waals surface area contributed by atoms with Crippen molar-refractivity contribution in [2.24, 2.45) is 0 Å². The zero-order valence-corrected chi connectivity index (χ0v) is 21.8. The van der Waals surface area contributed by atoms with Gasteiger partial charge in [0, 0.05) is 0 Å². The molecule has 8 nitrogen and oxygen atoms in total. The first-order chi connectivity index (χ1) is 20.2. The van der Waals surface area contributed by atoms with Crippen LogP contribution in [0.4, 0.5) is 0 Å². The van der Waals surface area contributed by atoms with Gasteiger partial charge in [0.15, 0.2) is 0 Å². The number of hydrogen-bond acceptors (Lipinski definition) is 4. The van der Waals surface area contributed by atoms with Crippen LogP contribution in [0.2, 0.25) is 0 Å². The van der Waals surface area contributed by atoms with Crippen LogP contribution in [-0.2, 0) is 0 Å². The molecule has 42 heavy (non-hydrogen) atoms. The SMILES string of the molecule is O=C(O)c1cccc(-c2ccccc2-c2ccccc2-c2ccccc2-c2cccc(C(=O)O)c2C(=O)O)c1C(=O)O. The molecule has 0 aliphatic rings. The van der Waals surface area contributed by atoms with Crippen LogP contribution in [0.25, 0.3) is 44.5 Å². The van der Waals surface area contributed by atoms with Crippen molar-refractivity contribution in [1.29, 1.82) is 0 Å². The number of benzene rings is 5. The molecule has 0 atom stereocenters. The molecule has 0 heterocycles. The Morgan fingerprint density at radius 2 is 0.548 bits per heavy atom. The molecule has 8 heteroatoms. The average molecular weight is 559 g/mol. The molecule has 0 bridgehead atoms. The maximum atomic E-state index is 12.3. The van der Waals surface area contributed by atoms with Crippen LogP contribution in [0.15, 0.2) is 109 Å². The Labute approximate surface area is 239 Å². The van der Waals surface area contributed by atoms with Crippen molar-refractivity contribution in [2.45, 2.75) is 0 Å². The number of carbonyl (C=O) groups is 4. The lowest BCUT2D eigenvalue weighted by molar-refractivity contribution is 0.0652. The Bertz CT molecular complexity index is 1770. The van der Waals surface area contributed by atoms with Crippen LogP contribution in [-0.4, -0.2) is 44.3 Å². The van der Waals surface area contributed by atoms with Crippen molar-refractivity contribution in [1.82, 2.24) is 0 Å². The molecule has 0 saturated heterocycles. The fourth-order valence-corrected chi connectivity index (χ4v) is 5.23. The number of carboxylic acids is 4. The van der Waals surface area contributed by atoms with Crippen molar-refractivity contribution < 1.29 is 39.6 Å². The van der Waals surface area contributed by atoms with E-state index in [0.717, 1.165) is 0 Å². The molecule has 5 rings (SSSR count). The summed E-state index contributed by atoms with van der Waals surface area (Å²) in [5.74, 6) is -5.48. The Balaban J connectivity index is 1.79. The summed E-state index contributed by atoms with van der Waals surface area (Å²) in [5, 5.41) is 39.3. The van der Waals surface area contributed by atoms with Gasteiger partial charge in [-0.3, -0.25) is 0 Å². The van der Waals surface area contributed by atoms with Gasteiger partial charge in [-0.25, -0.2) is 19.2 Å². The van der Waals surface area contributed by atoms with Crippen molar-refractivity contribution in [2.75, 3.05) is 0 Å². The van der Waals surface area contributed by atoms with Crippen LogP contribution in [0.1, 0.15) is 41.4 Å². The Kier molecular flexibility index (Phi) is 7.36. The topological polar surface area (TPSA) is 149 Å². The van der Waals surface area contributed by atoms with Crippen LogP contribution >= 0.6 is 0 Å². The summed E-state index contributed by atoms with van der Waals surface area (Å²) in [6, 6.07) is 29.9. The molecule has 5 aromatic rings. The monoisotopic (exact) mass is 558 g/mol. The Hall–Kier alpha value is -6.02. The van der Waals surface area contributed by atoms with E-state index in [-0.39, 0.29) is 33.4 Å². The summed E-state index contributed by atoms with van der Waals surface area (Å²) in [6.45, 7) is 0. The highest BCUT2D eigenvalue weighted by molar-refractivity contribution is 6.10. The van der Waals surface area contributed by atoms with E-state index in [9.17, 15) is 39.6 Å². The molecule has 206 valence electrons. The number of rotatable bonds is 8. The van der Waals surface area contributed by atoms with Gasteiger partial charge in [-0.15, -0.1) is 0 Å². The van der Waals surface area contributed by atoms with E-state index in [4.69, 9.17) is 0 Å². The largest absolute Gasteiger partial charge is 0.478 e. The lowest BCUT2D eigenvalue weighted by Crippen LogP contribution is -2.10. The summed E-state index contributed by atoms with van der Waals surface area (Å²) in [5.41, 5.74) is 2.64. The van der Waals surface area contributed by atoms with Gasteiger partial charge in [0.05, 0.1) is 22.3 Å². The highest BCUT2D eigenvalue weighted by Crippen LogP contribution is 2.43. The number of carboxylic acid groups (broad SMARTS) is 4. The van der Waals surface area contributed by atoms with E-state index in [0.29, 0.717) is 33.4 Å². The Morgan fingerprint density at radius 1 is 0.310 bits per heavy atom. The van der Waals surface area contributed by atoms with Gasteiger partial charge in [-0.05, 0) is 56.6 Å². The van der Waals surface area contributed by atoms with Gasteiger partial charge in [0.2, 0.25) is 0 Å². The van der Waals surface area contributed by atoms with Crippen LogP contribution < -0.4 is 0 Å². The molecule has 5 aromatic carbocycles. The van der Waals surface area contributed by atoms with Gasteiger partial charge >= 0.3 is 23.9 Å². The molecule has 0 amide bonds. The molecule has 0 aliphatic carbocycles. The fourth-order valence-electron chi connectivity index (χ4n) is 5.23. The molecular weight excluding hydrogens is 536 g/mol. The first kappa shape index (κ1) is 27.5. The summed E-state index contributed by atoms with van der Waals surface area (Å²) in [4.78, 5) is 48.3. The summed E-state index contributed by atoms with van der Waals surface area (Å²) in [6.07, 6.45) is 0. The highest BCUT2D eigenvalue weighted by atomic mass is 16.4. The molecule has 4 N–H and O–H groups in total. The highest BCUT2D eigenvalue weighted by Gasteiger charge is 2.25. The van der Waals surface area contributed by atoms with E-state index in [2.05, 4.69) is 0 Å². The fraction of sp³-hybridized carbons (Fsp3) is 0. The predicted octanol–water partition coefficient (Wildman–Crippen LogP) is 7.15. The minimum atomic E-state index is -1.38. The molecule has 0 radical (unpaired) electrons. The van der Waals surface area contributed by atoms with E-state index in [1.807, 2.05) is 12.1 Å². The van der Waals surface area contributed by atoms with Crippen LogP contribution in [0.3, 0.4) is 0 Å².